The third-order valence-electron chi connectivity index (χ3n) is 3.45. The van der Waals surface area contributed by atoms with Crippen LogP contribution in [0.5, 0.6) is 0 Å². The molecule has 0 spiro atoms. The minimum absolute atomic E-state index is 0.0158. The first-order chi connectivity index (χ1) is 8.27. The molecule has 0 radical (unpaired) electrons. The van der Waals surface area contributed by atoms with E-state index in [0.29, 0.717) is 19.4 Å². The summed E-state index contributed by atoms with van der Waals surface area (Å²) in [4.78, 5) is 25.0. The zero-order chi connectivity index (χ0) is 12.1. The van der Waals surface area contributed by atoms with Crippen LogP contribution >= 0.6 is 0 Å². The van der Waals surface area contributed by atoms with Crippen molar-refractivity contribution in [1.29, 1.82) is 0 Å². The van der Waals surface area contributed by atoms with Crippen molar-refractivity contribution < 1.29 is 9.59 Å². The third-order valence-corrected chi connectivity index (χ3v) is 3.45. The maximum atomic E-state index is 11.8. The van der Waals surface area contributed by atoms with Crippen LogP contribution in [0.15, 0.2) is 11.6 Å². The summed E-state index contributed by atoms with van der Waals surface area (Å²) in [6.07, 6.45) is 6.84. The fraction of sp³-hybridized carbons (Fsp3) is 0.692. The second-order valence-corrected chi connectivity index (χ2v) is 4.71. The molecule has 0 aromatic rings. The van der Waals surface area contributed by atoms with Gasteiger partial charge in [0.15, 0.2) is 0 Å². The van der Waals surface area contributed by atoms with Crippen LogP contribution in [0.3, 0.4) is 0 Å². The largest absolute Gasteiger partial charge is 0.313 e. The smallest absolute Gasteiger partial charge is 0.229 e. The molecule has 0 aliphatic carbocycles. The molecule has 0 atom stereocenters. The van der Waals surface area contributed by atoms with Crippen molar-refractivity contribution >= 4 is 11.8 Å². The molecule has 2 aliphatic heterocycles. The summed E-state index contributed by atoms with van der Waals surface area (Å²) in [5, 5.41) is 3.26. The van der Waals surface area contributed by atoms with Crippen LogP contribution in [0.4, 0.5) is 0 Å². The van der Waals surface area contributed by atoms with E-state index in [9.17, 15) is 9.59 Å². The summed E-state index contributed by atoms with van der Waals surface area (Å²) in [5.41, 5.74) is 1.37. The van der Waals surface area contributed by atoms with Gasteiger partial charge in [-0.25, -0.2) is 0 Å². The highest BCUT2D eigenvalue weighted by atomic mass is 16.2. The Morgan fingerprint density at radius 2 is 1.82 bits per heavy atom. The highest BCUT2D eigenvalue weighted by Gasteiger charge is 2.23. The molecule has 1 N–H and O–H groups in total. The predicted molar refractivity (Wildman–Crippen MR) is 65.4 cm³/mol. The zero-order valence-electron chi connectivity index (χ0n) is 10.2. The molecule has 0 saturated carbocycles. The number of hydrogen-bond acceptors (Lipinski definition) is 3. The number of likely N-dealkylation sites (tertiary alicyclic amines) is 1. The van der Waals surface area contributed by atoms with Crippen molar-refractivity contribution in [3.63, 3.8) is 0 Å². The molecule has 2 heterocycles. The second kappa shape index (κ2) is 5.96. The van der Waals surface area contributed by atoms with Crippen molar-refractivity contribution in [2.45, 2.75) is 38.5 Å². The van der Waals surface area contributed by atoms with Crippen molar-refractivity contribution in [3.8, 4) is 0 Å². The Morgan fingerprint density at radius 3 is 2.41 bits per heavy atom. The maximum Gasteiger partial charge on any atom is 0.229 e. The van der Waals surface area contributed by atoms with E-state index in [2.05, 4.69) is 11.4 Å². The minimum atomic E-state index is 0.0158. The van der Waals surface area contributed by atoms with Crippen LogP contribution < -0.4 is 5.32 Å². The van der Waals surface area contributed by atoms with Crippen LogP contribution in [0.25, 0.3) is 0 Å². The van der Waals surface area contributed by atoms with Crippen molar-refractivity contribution in [3.05, 3.63) is 11.6 Å². The van der Waals surface area contributed by atoms with Gasteiger partial charge < -0.3 is 5.32 Å². The molecule has 17 heavy (non-hydrogen) atoms. The first-order valence-corrected chi connectivity index (χ1v) is 6.49. The predicted octanol–water partition coefficient (Wildman–Crippen LogP) is 1.23. The fourth-order valence-corrected chi connectivity index (χ4v) is 2.36. The van der Waals surface area contributed by atoms with Crippen LogP contribution in [0.2, 0.25) is 0 Å². The first kappa shape index (κ1) is 12.3. The number of carbonyl (C=O) groups excluding carboxylic acids is 2. The lowest BCUT2D eigenvalue weighted by Gasteiger charge is -2.21. The van der Waals surface area contributed by atoms with E-state index in [-0.39, 0.29) is 11.8 Å². The zero-order valence-corrected chi connectivity index (χ0v) is 10.2. The van der Waals surface area contributed by atoms with Gasteiger partial charge in [0.2, 0.25) is 11.8 Å². The lowest BCUT2D eigenvalue weighted by Crippen LogP contribution is -2.36. The Morgan fingerprint density at radius 1 is 1.12 bits per heavy atom. The molecule has 2 rings (SSSR count). The van der Waals surface area contributed by atoms with E-state index in [0.717, 1.165) is 38.8 Å². The monoisotopic (exact) mass is 236 g/mol. The Kier molecular flexibility index (Phi) is 4.31. The molecule has 2 aliphatic rings. The van der Waals surface area contributed by atoms with Gasteiger partial charge in [0, 0.05) is 25.9 Å². The van der Waals surface area contributed by atoms with E-state index in [1.165, 1.54) is 10.5 Å². The number of amides is 2. The third kappa shape index (κ3) is 3.40. The summed E-state index contributed by atoms with van der Waals surface area (Å²) in [6, 6.07) is 0. The van der Waals surface area contributed by atoms with Crippen LogP contribution in [0.1, 0.15) is 38.5 Å². The maximum absolute atomic E-state index is 11.8. The highest BCUT2D eigenvalue weighted by Crippen LogP contribution is 2.16. The van der Waals surface area contributed by atoms with Gasteiger partial charge >= 0.3 is 0 Å². The highest BCUT2D eigenvalue weighted by molar-refractivity contribution is 5.96. The van der Waals surface area contributed by atoms with Crippen molar-refractivity contribution in [2.75, 3.05) is 19.6 Å². The molecule has 2 amide bonds. The van der Waals surface area contributed by atoms with E-state index >= 15 is 0 Å². The second-order valence-electron chi connectivity index (χ2n) is 4.71. The topological polar surface area (TPSA) is 49.4 Å². The molecular weight excluding hydrogens is 216 g/mol. The Hall–Kier alpha value is -1.16. The van der Waals surface area contributed by atoms with Gasteiger partial charge in [-0.15, -0.1) is 0 Å². The molecular formula is C13H20N2O2. The van der Waals surface area contributed by atoms with E-state index in [4.69, 9.17) is 0 Å². The first-order valence-electron chi connectivity index (χ1n) is 6.49. The van der Waals surface area contributed by atoms with Crippen LogP contribution in [0, 0.1) is 0 Å². The summed E-state index contributed by atoms with van der Waals surface area (Å²) in [6.45, 7) is 2.49. The Labute approximate surface area is 102 Å². The normalized spacial score (nSPS) is 22.4. The number of carbonyl (C=O) groups is 2. The summed E-state index contributed by atoms with van der Waals surface area (Å²) in [5.74, 6) is 0.0315. The molecule has 4 nitrogen and oxygen atoms in total. The number of rotatable bonds is 3. The van der Waals surface area contributed by atoms with Crippen molar-refractivity contribution in [2.24, 2.45) is 0 Å². The van der Waals surface area contributed by atoms with Gasteiger partial charge in [0.1, 0.15) is 0 Å². The lowest BCUT2D eigenvalue weighted by molar-refractivity contribution is -0.143. The lowest BCUT2D eigenvalue weighted by atomic mass is 10.1. The summed E-state index contributed by atoms with van der Waals surface area (Å²) in [7, 11) is 0. The molecule has 1 saturated heterocycles. The molecule has 0 aromatic carbocycles. The van der Waals surface area contributed by atoms with Gasteiger partial charge in [-0.3, -0.25) is 14.5 Å². The van der Waals surface area contributed by atoms with Crippen LogP contribution in [-0.4, -0.2) is 36.3 Å². The Balaban J connectivity index is 1.89. The molecule has 0 aromatic heterocycles. The van der Waals surface area contributed by atoms with E-state index < -0.39 is 0 Å². The fourth-order valence-electron chi connectivity index (χ4n) is 2.36. The Bertz CT molecular complexity index is 318. The summed E-state index contributed by atoms with van der Waals surface area (Å²) < 4.78 is 0. The number of hydrogen-bond donors (Lipinski definition) is 1. The molecule has 0 bridgehead atoms. The summed E-state index contributed by atoms with van der Waals surface area (Å²) >= 11 is 0. The molecule has 0 unspecified atom stereocenters. The van der Waals surface area contributed by atoms with Crippen molar-refractivity contribution in [1.82, 2.24) is 10.2 Å². The average Bonchev–Trinajstić information content (AvgIpc) is 2.50. The quantitative estimate of drug-likeness (QED) is 0.592. The van der Waals surface area contributed by atoms with E-state index in [1.54, 1.807) is 0 Å². The standard InChI is InChI=1S/C13H20N2O2/c16-12-3-1-2-4-13(17)15(12)10-7-11-5-8-14-9-6-11/h5,14H,1-4,6-10H2. The molecule has 4 heteroatoms. The molecule has 94 valence electrons. The van der Waals surface area contributed by atoms with Gasteiger partial charge in [-0.1, -0.05) is 11.6 Å². The SMILES string of the molecule is O=C1CCCCC(=O)N1CCC1=CCNCC1. The van der Waals surface area contributed by atoms with Gasteiger partial charge in [-0.05, 0) is 32.2 Å². The number of nitrogens with one attached hydrogen (secondary N) is 1. The minimum Gasteiger partial charge on any atom is -0.313 e. The van der Waals surface area contributed by atoms with Gasteiger partial charge in [0.05, 0.1) is 0 Å². The number of imide groups is 1. The van der Waals surface area contributed by atoms with Crippen LogP contribution in [-0.2, 0) is 9.59 Å². The molecule has 1 fully saturated rings. The number of nitrogens with zero attached hydrogens (tertiary/aromatic N) is 1. The van der Waals surface area contributed by atoms with E-state index in [1.807, 2.05) is 0 Å². The average molecular weight is 236 g/mol. The van der Waals surface area contributed by atoms with Gasteiger partial charge in [-0.2, -0.15) is 0 Å². The van der Waals surface area contributed by atoms with Gasteiger partial charge in [0.25, 0.3) is 0 Å².